The van der Waals surface area contributed by atoms with Crippen molar-refractivity contribution in [1.29, 1.82) is 0 Å². The van der Waals surface area contributed by atoms with Crippen LogP contribution in [0.5, 0.6) is 0 Å². The lowest BCUT2D eigenvalue weighted by molar-refractivity contribution is 0.442. The summed E-state index contributed by atoms with van der Waals surface area (Å²) in [5, 5.41) is 3.38. The molecule has 21 heavy (non-hydrogen) atoms. The molecular weight excluding hydrogens is 284 g/mol. The van der Waals surface area contributed by atoms with Crippen LogP contribution in [0.4, 0.5) is 5.69 Å². The van der Waals surface area contributed by atoms with Crippen LogP contribution in [0.3, 0.4) is 0 Å². The number of nitrogens with zero attached hydrogens (tertiary/aromatic N) is 1. The normalized spacial score (nSPS) is 16.3. The first kappa shape index (κ1) is 15.6. The monoisotopic (exact) mass is 304 g/mol. The fourth-order valence-electron chi connectivity index (χ4n) is 2.62. The molecule has 0 saturated heterocycles. The second-order valence-corrected chi connectivity index (χ2v) is 5.24. The zero-order valence-corrected chi connectivity index (χ0v) is 12.8. The Labute approximate surface area is 131 Å². The second-order valence-electron chi connectivity index (χ2n) is 5.24. The second kappa shape index (κ2) is 7.89. The molecule has 0 amide bonds. The molecule has 1 N–H and O–H groups in total. The van der Waals surface area contributed by atoms with E-state index in [1.54, 1.807) is 6.26 Å². The highest BCUT2D eigenvalue weighted by Crippen LogP contribution is 2.21. The van der Waals surface area contributed by atoms with E-state index >= 15 is 0 Å². The van der Waals surface area contributed by atoms with E-state index in [4.69, 9.17) is 9.41 Å². The van der Waals surface area contributed by atoms with Gasteiger partial charge in [-0.3, -0.25) is 4.99 Å². The van der Waals surface area contributed by atoms with Crippen LogP contribution < -0.4 is 5.32 Å². The Kier molecular flexibility index (Phi) is 5.88. The molecule has 3 nitrogen and oxygen atoms in total. The minimum atomic E-state index is 0. The minimum Gasteiger partial charge on any atom is -0.461 e. The number of amidine groups is 1. The third-order valence-electron chi connectivity index (χ3n) is 3.68. The molecule has 0 unspecified atom stereocenters. The summed E-state index contributed by atoms with van der Waals surface area (Å²) in [4.78, 5) is 4.89. The molecule has 3 rings (SSSR count). The standard InChI is InChI=1S/C17H20N2O.ClH/c1-3-8-14(9-4-1)18-17(16-12-7-13-20-16)19-15-10-5-2-6-11-15;/h1,3-4,7-9,12-13,15H,2,5-6,10-11H2,(H,18,19);1H. The van der Waals surface area contributed by atoms with Gasteiger partial charge in [-0.2, -0.15) is 0 Å². The minimum absolute atomic E-state index is 0. The van der Waals surface area contributed by atoms with E-state index in [0.717, 1.165) is 17.3 Å². The van der Waals surface area contributed by atoms with Gasteiger partial charge in [0.25, 0.3) is 0 Å². The van der Waals surface area contributed by atoms with Gasteiger partial charge in [0.2, 0.25) is 0 Å². The highest BCUT2D eigenvalue weighted by molar-refractivity contribution is 6.06. The van der Waals surface area contributed by atoms with Crippen molar-refractivity contribution in [1.82, 2.24) is 0 Å². The van der Waals surface area contributed by atoms with Gasteiger partial charge in [-0.05, 0) is 37.1 Å². The molecule has 1 fully saturated rings. The Balaban J connectivity index is 0.00000161. The van der Waals surface area contributed by atoms with Crippen LogP contribution in [0, 0.1) is 0 Å². The summed E-state index contributed by atoms with van der Waals surface area (Å²) in [6, 6.07) is 14.4. The van der Waals surface area contributed by atoms with E-state index < -0.39 is 0 Å². The molecule has 0 radical (unpaired) electrons. The fraction of sp³-hybridized carbons (Fsp3) is 0.353. The zero-order chi connectivity index (χ0) is 13.6. The number of nitrogens with one attached hydrogen (secondary N) is 1. The molecule has 0 aliphatic heterocycles. The first-order valence-corrected chi connectivity index (χ1v) is 7.35. The van der Waals surface area contributed by atoms with Crippen molar-refractivity contribution in [3.05, 3.63) is 54.5 Å². The van der Waals surface area contributed by atoms with Crippen LogP contribution in [-0.2, 0) is 0 Å². The maximum atomic E-state index is 5.52. The molecule has 1 aromatic heterocycles. The molecule has 0 bridgehead atoms. The van der Waals surface area contributed by atoms with Crippen molar-refractivity contribution in [2.75, 3.05) is 5.32 Å². The van der Waals surface area contributed by atoms with Crippen LogP contribution in [0.2, 0.25) is 0 Å². The average molecular weight is 305 g/mol. The number of hydrogen-bond acceptors (Lipinski definition) is 2. The molecule has 1 aromatic carbocycles. The van der Waals surface area contributed by atoms with Crippen molar-refractivity contribution in [2.45, 2.75) is 38.1 Å². The van der Waals surface area contributed by atoms with Gasteiger partial charge in [-0.25, -0.2) is 0 Å². The lowest BCUT2D eigenvalue weighted by Crippen LogP contribution is -2.19. The van der Waals surface area contributed by atoms with Gasteiger partial charge < -0.3 is 9.73 Å². The topological polar surface area (TPSA) is 37.5 Å². The Morgan fingerprint density at radius 3 is 2.43 bits per heavy atom. The maximum Gasteiger partial charge on any atom is 0.169 e. The summed E-state index contributed by atoms with van der Waals surface area (Å²) in [6.07, 6.45) is 7.96. The lowest BCUT2D eigenvalue weighted by atomic mass is 9.96. The number of benzene rings is 1. The molecule has 1 heterocycles. The average Bonchev–Trinajstić information content (AvgIpc) is 3.03. The van der Waals surface area contributed by atoms with Gasteiger partial charge >= 0.3 is 0 Å². The van der Waals surface area contributed by atoms with E-state index in [1.807, 2.05) is 42.5 Å². The number of para-hydroxylation sites is 1. The predicted octanol–water partition coefficient (Wildman–Crippen LogP) is 4.89. The Morgan fingerprint density at radius 1 is 1.00 bits per heavy atom. The molecule has 2 aromatic rings. The Hall–Kier alpha value is -1.74. The van der Waals surface area contributed by atoms with E-state index in [0.29, 0.717) is 6.04 Å². The number of aliphatic imine (C=N–C) groups is 1. The Morgan fingerprint density at radius 2 is 1.76 bits per heavy atom. The fourth-order valence-corrected chi connectivity index (χ4v) is 2.62. The van der Waals surface area contributed by atoms with Crippen molar-refractivity contribution in [3.63, 3.8) is 0 Å². The number of hydrogen-bond donors (Lipinski definition) is 1. The van der Waals surface area contributed by atoms with Crippen molar-refractivity contribution in [3.8, 4) is 0 Å². The summed E-state index contributed by atoms with van der Waals surface area (Å²) >= 11 is 0. The largest absolute Gasteiger partial charge is 0.461 e. The third-order valence-corrected chi connectivity index (χ3v) is 3.68. The summed E-state index contributed by atoms with van der Waals surface area (Å²) in [5.74, 6) is 1.65. The quantitative estimate of drug-likeness (QED) is 0.647. The van der Waals surface area contributed by atoms with E-state index in [-0.39, 0.29) is 12.4 Å². The van der Waals surface area contributed by atoms with Gasteiger partial charge in [0.15, 0.2) is 11.6 Å². The molecule has 1 saturated carbocycles. The van der Waals surface area contributed by atoms with Crippen LogP contribution in [0.25, 0.3) is 0 Å². The van der Waals surface area contributed by atoms with Gasteiger partial charge in [0.05, 0.1) is 12.3 Å². The molecular formula is C17H21ClN2O. The molecule has 0 atom stereocenters. The molecule has 112 valence electrons. The highest BCUT2D eigenvalue weighted by atomic mass is 35.5. The van der Waals surface area contributed by atoms with E-state index in [2.05, 4.69) is 5.32 Å². The summed E-state index contributed by atoms with van der Waals surface area (Å²) in [5.41, 5.74) is 1.04. The summed E-state index contributed by atoms with van der Waals surface area (Å²) in [6.45, 7) is 0. The highest BCUT2D eigenvalue weighted by Gasteiger charge is 2.15. The van der Waals surface area contributed by atoms with Crippen molar-refractivity contribution < 1.29 is 4.42 Å². The maximum absolute atomic E-state index is 5.52. The first-order chi connectivity index (χ1) is 9.92. The Bertz CT molecular complexity index is 545. The summed E-state index contributed by atoms with van der Waals surface area (Å²) < 4.78 is 5.52. The van der Waals surface area contributed by atoms with Gasteiger partial charge in [0.1, 0.15) is 0 Å². The lowest BCUT2D eigenvalue weighted by Gasteiger charge is -2.19. The SMILES string of the molecule is Cl.c1ccc(NC(=NC2CCCCC2)c2ccco2)cc1. The van der Waals surface area contributed by atoms with Crippen LogP contribution >= 0.6 is 12.4 Å². The van der Waals surface area contributed by atoms with E-state index in [1.165, 1.54) is 32.1 Å². The summed E-state index contributed by atoms with van der Waals surface area (Å²) in [7, 11) is 0. The number of halogens is 1. The third kappa shape index (κ3) is 4.36. The van der Waals surface area contributed by atoms with Crippen molar-refractivity contribution in [2.24, 2.45) is 4.99 Å². The molecule has 0 spiro atoms. The van der Waals surface area contributed by atoms with Gasteiger partial charge in [-0.1, -0.05) is 37.5 Å². The van der Waals surface area contributed by atoms with Crippen LogP contribution in [0.1, 0.15) is 37.9 Å². The zero-order valence-electron chi connectivity index (χ0n) is 12.0. The van der Waals surface area contributed by atoms with Gasteiger partial charge in [-0.15, -0.1) is 12.4 Å². The molecule has 1 aliphatic rings. The van der Waals surface area contributed by atoms with Crippen LogP contribution in [0.15, 0.2) is 58.1 Å². The smallest absolute Gasteiger partial charge is 0.169 e. The number of furan rings is 1. The van der Waals surface area contributed by atoms with Crippen molar-refractivity contribution >= 4 is 23.9 Å². The number of anilines is 1. The predicted molar refractivity (Wildman–Crippen MR) is 89.4 cm³/mol. The molecule has 1 aliphatic carbocycles. The number of rotatable bonds is 3. The molecule has 4 heteroatoms. The van der Waals surface area contributed by atoms with Gasteiger partial charge in [0, 0.05) is 5.69 Å². The van der Waals surface area contributed by atoms with Crippen LogP contribution in [-0.4, -0.2) is 11.9 Å². The first-order valence-electron chi connectivity index (χ1n) is 7.35. The van der Waals surface area contributed by atoms with E-state index in [9.17, 15) is 0 Å².